The molecule has 0 spiro atoms. The second-order valence-corrected chi connectivity index (χ2v) is 6.28. The van der Waals surface area contributed by atoms with Crippen molar-refractivity contribution in [3.05, 3.63) is 69.3 Å². The van der Waals surface area contributed by atoms with E-state index in [-0.39, 0.29) is 5.82 Å². The van der Waals surface area contributed by atoms with Gasteiger partial charge in [0.15, 0.2) is 0 Å². The molecular weight excluding hydrogens is 325 g/mol. The number of rotatable bonds is 2. The summed E-state index contributed by atoms with van der Waals surface area (Å²) in [5.41, 5.74) is 6.71. The smallest absolute Gasteiger partial charge is 0.142 e. The van der Waals surface area contributed by atoms with Gasteiger partial charge in [-0.15, -0.1) is 11.3 Å². The Morgan fingerprint density at radius 1 is 1.11 bits per heavy atom. The van der Waals surface area contributed by atoms with Crippen LogP contribution in [0.4, 0.5) is 4.39 Å². The molecule has 0 radical (unpaired) electrons. The number of hydrogen-bond acceptors (Lipinski definition) is 2. The first kappa shape index (κ1) is 12.8. The summed E-state index contributed by atoms with van der Waals surface area (Å²) < 4.78 is 15.7. The van der Waals surface area contributed by atoms with Crippen molar-refractivity contribution in [2.24, 2.45) is 5.73 Å². The van der Waals surface area contributed by atoms with Gasteiger partial charge in [0.2, 0.25) is 0 Å². The number of nitrogens with two attached hydrogens (primary N) is 1. The van der Waals surface area contributed by atoms with E-state index < -0.39 is 6.04 Å². The molecule has 0 aliphatic heterocycles. The summed E-state index contributed by atoms with van der Waals surface area (Å²) in [6.07, 6.45) is 0. The first-order valence-corrected chi connectivity index (χ1v) is 7.46. The lowest BCUT2D eigenvalue weighted by Crippen LogP contribution is -2.12. The van der Waals surface area contributed by atoms with Gasteiger partial charge in [0.25, 0.3) is 0 Å². The summed E-state index contributed by atoms with van der Waals surface area (Å²) in [5, 5.41) is 1.15. The normalized spacial score (nSPS) is 12.8. The Labute approximate surface area is 123 Å². The predicted molar refractivity (Wildman–Crippen MR) is 82.0 cm³/mol. The van der Waals surface area contributed by atoms with Crippen LogP contribution < -0.4 is 5.73 Å². The van der Waals surface area contributed by atoms with E-state index >= 15 is 0 Å². The van der Waals surface area contributed by atoms with E-state index in [4.69, 9.17) is 5.73 Å². The lowest BCUT2D eigenvalue weighted by molar-refractivity contribution is 0.594. The summed E-state index contributed by atoms with van der Waals surface area (Å²) in [6.45, 7) is 0. The average molecular weight is 336 g/mol. The molecule has 1 heterocycles. The third-order valence-corrected chi connectivity index (χ3v) is 4.88. The van der Waals surface area contributed by atoms with Gasteiger partial charge in [0, 0.05) is 15.1 Å². The van der Waals surface area contributed by atoms with Crippen molar-refractivity contribution in [2.45, 2.75) is 6.04 Å². The van der Waals surface area contributed by atoms with Crippen LogP contribution in [0.2, 0.25) is 0 Å². The highest BCUT2D eigenvalue weighted by molar-refractivity contribution is 9.10. The van der Waals surface area contributed by atoms with Crippen molar-refractivity contribution >= 4 is 37.4 Å². The zero-order valence-corrected chi connectivity index (χ0v) is 12.3. The molecule has 0 aliphatic carbocycles. The van der Waals surface area contributed by atoms with Crippen molar-refractivity contribution in [2.75, 3.05) is 0 Å². The first-order valence-electron chi connectivity index (χ1n) is 5.85. The Morgan fingerprint density at radius 3 is 2.68 bits per heavy atom. The molecule has 0 aliphatic rings. The van der Waals surface area contributed by atoms with Gasteiger partial charge in [-0.25, -0.2) is 4.39 Å². The quantitative estimate of drug-likeness (QED) is 0.711. The minimum atomic E-state index is -0.435. The maximum Gasteiger partial charge on any atom is 0.142 e. The number of benzene rings is 2. The van der Waals surface area contributed by atoms with Crippen molar-refractivity contribution in [3.8, 4) is 0 Å². The van der Waals surface area contributed by atoms with Gasteiger partial charge >= 0.3 is 0 Å². The largest absolute Gasteiger partial charge is 0.320 e. The Morgan fingerprint density at radius 2 is 1.89 bits per heavy atom. The van der Waals surface area contributed by atoms with Gasteiger partial charge in [-0.1, -0.05) is 30.3 Å². The highest BCUT2D eigenvalue weighted by Gasteiger charge is 2.17. The minimum absolute atomic E-state index is 0.285. The summed E-state index contributed by atoms with van der Waals surface area (Å²) >= 11 is 4.80. The van der Waals surface area contributed by atoms with Crippen LogP contribution in [0.15, 0.2) is 53.0 Å². The van der Waals surface area contributed by atoms with E-state index in [2.05, 4.69) is 15.9 Å². The van der Waals surface area contributed by atoms with Gasteiger partial charge in [-0.05, 0) is 39.5 Å². The molecule has 2 N–H and O–H groups in total. The molecule has 3 aromatic rings. The van der Waals surface area contributed by atoms with Crippen LogP contribution in [0.25, 0.3) is 10.1 Å². The molecule has 19 heavy (non-hydrogen) atoms. The van der Waals surface area contributed by atoms with Crippen LogP contribution in [0, 0.1) is 5.82 Å². The van der Waals surface area contributed by atoms with Gasteiger partial charge < -0.3 is 5.73 Å². The Kier molecular flexibility index (Phi) is 3.39. The van der Waals surface area contributed by atoms with E-state index in [1.165, 1.54) is 4.70 Å². The average Bonchev–Trinajstić information content (AvgIpc) is 2.85. The molecule has 0 amide bonds. The van der Waals surface area contributed by atoms with Crippen molar-refractivity contribution in [1.29, 1.82) is 0 Å². The van der Waals surface area contributed by atoms with Gasteiger partial charge in [0.1, 0.15) is 5.82 Å². The van der Waals surface area contributed by atoms with Crippen LogP contribution in [0.5, 0.6) is 0 Å². The van der Waals surface area contributed by atoms with Crippen molar-refractivity contribution in [1.82, 2.24) is 0 Å². The lowest BCUT2D eigenvalue weighted by atomic mass is 10.1. The van der Waals surface area contributed by atoms with E-state index in [1.54, 1.807) is 29.5 Å². The van der Waals surface area contributed by atoms with Crippen LogP contribution in [-0.2, 0) is 0 Å². The second kappa shape index (κ2) is 5.04. The molecule has 1 atom stereocenters. The topological polar surface area (TPSA) is 26.0 Å². The Hall–Kier alpha value is -1.23. The number of fused-ring (bicyclic) bond motifs is 1. The first-order chi connectivity index (χ1) is 9.16. The maximum atomic E-state index is 14.1. The summed E-state index contributed by atoms with van der Waals surface area (Å²) in [5.74, 6) is -0.285. The van der Waals surface area contributed by atoms with E-state index in [9.17, 15) is 4.39 Å². The summed E-state index contributed by atoms with van der Waals surface area (Å²) in [4.78, 5) is 0.971. The predicted octanol–water partition coefficient (Wildman–Crippen LogP) is 4.85. The van der Waals surface area contributed by atoms with E-state index in [1.807, 2.05) is 30.3 Å². The molecule has 2 aromatic carbocycles. The highest BCUT2D eigenvalue weighted by Crippen LogP contribution is 2.33. The molecule has 1 aromatic heterocycles. The Balaban J connectivity index is 2.08. The number of thiophene rings is 1. The number of hydrogen-bond donors (Lipinski definition) is 1. The zero-order chi connectivity index (χ0) is 13.4. The van der Waals surface area contributed by atoms with Gasteiger partial charge in [0.05, 0.1) is 10.5 Å². The molecule has 0 saturated carbocycles. The van der Waals surface area contributed by atoms with Crippen LogP contribution in [-0.4, -0.2) is 0 Å². The Bertz CT molecular complexity index is 705. The molecule has 0 bridgehead atoms. The highest BCUT2D eigenvalue weighted by atomic mass is 79.9. The van der Waals surface area contributed by atoms with Crippen LogP contribution in [0.1, 0.15) is 16.5 Å². The fourth-order valence-corrected chi connectivity index (χ4v) is 3.54. The zero-order valence-electron chi connectivity index (χ0n) is 9.94. The lowest BCUT2D eigenvalue weighted by Gasteiger charge is -2.11. The fourth-order valence-electron chi connectivity index (χ4n) is 2.07. The van der Waals surface area contributed by atoms with E-state index in [0.717, 1.165) is 10.3 Å². The molecular formula is C15H11BrFNS. The molecule has 1 nitrogen and oxygen atoms in total. The number of halogens is 2. The van der Waals surface area contributed by atoms with Crippen molar-refractivity contribution in [3.63, 3.8) is 0 Å². The fraction of sp³-hybridized carbons (Fsp3) is 0.0667. The molecule has 0 fully saturated rings. The summed E-state index contributed by atoms with van der Waals surface area (Å²) in [7, 11) is 0. The molecule has 0 saturated heterocycles. The minimum Gasteiger partial charge on any atom is -0.320 e. The molecule has 3 rings (SSSR count). The molecule has 96 valence electrons. The van der Waals surface area contributed by atoms with Crippen LogP contribution in [0.3, 0.4) is 0 Å². The van der Waals surface area contributed by atoms with Crippen LogP contribution >= 0.6 is 27.3 Å². The third kappa shape index (κ3) is 2.31. The third-order valence-electron chi connectivity index (χ3n) is 3.07. The summed E-state index contributed by atoms with van der Waals surface area (Å²) in [6, 6.07) is 14.9. The molecule has 4 heteroatoms. The van der Waals surface area contributed by atoms with Gasteiger partial charge in [-0.3, -0.25) is 0 Å². The van der Waals surface area contributed by atoms with Gasteiger partial charge in [-0.2, -0.15) is 0 Å². The maximum absolute atomic E-state index is 14.1. The standard InChI is InChI=1S/C15H11BrFNS/c16-11-6-3-5-10(14(11)17)15(18)13-8-9-4-1-2-7-12(9)19-13/h1-8,15H,18H2. The van der Waals surface area contributed by atoms with Crippen molar-refractivity contribution < 1.29 is 4.39 Å². The van der Waals surface area contributed by atoms with E-state index in [0.29, 0.717) is 10.0 Å². The second-order valence-electron chi connectivity index (χ2n) is 4.31. The monoisotopic (exact) mass is 335 g/mol. The SMILES string of the molecule is NC(c1cc2ccccc2s1)c1cccc(Br)c1F. The molecule has 1 unspecified atom stereocenters.